The van der Waals surface area contributed by atoms with Crippen molar-refractivity contribution in [3.05, 3.63) is 98.3 Å². The summed E-state index contributed by atoms with van der Waals surface area (Å²) in [6.45, 7) is 0. The molecule has 2 aromatic carbocycles. The molecule has 0 aliphatic carbocycles. The summed E-state index contributed by atoms with van der Waals surface area (Å²) in [6, 6.07) is 15.0. The highest BCUT2D eigenvalue weighted by Crippen LogP contribution is 2.20. The number of pyridine rings is 1. The smallest absolute Gasteiger partial charge is 0.337 e. The van der Waals surface area contributed by atoms with Crippen LogP contribution in [0.15, 0.2) is 54.6 Å². The number of rotatable bonds is 6. The minimum atomic E-state index is -1.27. The molecule has 0 aliphatic rings. The summed E-state index contributed by atoms with van der Waals surface area (Å²) in [5, 5.41) is 20.2. The van der Waals surface area contributed by atoms with E-state index in [0.717, 1.165) is 17.2 Å². The van der Waals surface area contributed by atoms with Crippen LogP contribution in [0.4, 0.5) is 0 Å². The van der Waals surface area contributed by atoms with Gasteiger partial charge < -0.3 is 10.2 Å². The van der Waals surface area contributed by atoms with Gasteiger partial charge in [0.25, 0.3) is 0 Å². The average Bonchev–Trinajstić information content (AvgIpc) is 2.72. The fourth-order valence-corrected chi connectivity index (χ4v) is 2.89. The molecule has 2 N–H and O–H groups in total. The Labute approximate surface area is 182 Å². The lowest BCUT2D eigenvalue weighted by Gasteiger charge is -2.07. The maximum Gasteiger partial charge on any atom is 0.337 e. The highest BCUT2D eigenvalue weighted by molar-refractivity contribution is 6.30. The van der Waals surface area contributed by atoms with Crippen molar-refractivity contribution in [2.45, 2.75) is 0 Å². The topological polar surface area (TPSA) is 87.5 Å². The van der Waals surface area contributed by atoms with Crippen molar-refractivity contribution in [1.82, 2.24) is 4.98 Å². The molecule has 0 unspecified atom stereocenters. The second kappa shape index (κ2) is 9.39. The second-order valence-corrected chi connectivity index (χ2v) is 7.11. The maximum absolute atomic E-state index is 11.7. The molecule has 3 aromatic rings. The van der Waals surface area contributed by atoms with Gasteiger partial charge in [0.2, 0.25) is 0 Å². The largest absolute Gasteiger partial charge is 0.478 e. The molecule has 0 spiro atoms. The Kier molecular flexibility index (Phi) is 6.67. The normalized spacial score (nSPS) is 11.3. The van der Waals surface area contributed by atoms with Gasteiger partial charge in [-0.1, -0.05) is 59.6 Å². The van der Waals surface area contributed by atoms with Crippen LogP contribution < -0.4 is 0 Å². The van der Waals surface area contributed by atoms with E-state index in [1.165, 1.54) is 12.2 Å². The van der Waals surface area contributed by atoms with Gasteiger partial charge in [-0.2, -0.15) is 0 Å². The van der Waals surface area contributed by atoms with Crippen molar-refractivity contribution in [2.75, 3.05) is 0 Å². The monoisotopic (exact) mass is 439 g/mol. The standard InChI is InChI=1S/C23H15Cl2NO4/c24-16-7-1-14(2-8-16)5-11-20-18(22(27)28)13-19(23(29)30)21(26-20)12-6-15-3-9-17(25)10-4-15/h1-13H,(H,27,28)(H,29,30)/b11-5+,12-6+. The van der Waals surface area contributed by atoms with Gasteiger partial charge in [-0.05, 0) is 53.6 Å². The molecular formula is C23H15Cl2NO4. The van der Waals surface area contributed by atoms with Crippen molar-refractivity contribution in [1.29, 1.82) is 0 Å². The van der Waals surface area contributed by atoms with Gasteiger partial charge in [0.15, 0.2) is 0 Å². The summed E-state index contributed by atoms with van der Waals surface area (Å²) < 4.78 is 0. The van der Waals surface area contributed by atoms with Gasteiger partial charge in [-0.3, -0.25) is 0 Å². The molecule has 150 valence electrons. The van der Waals surface area contributed by atoms with Crippen LogP contribution in [0.2, 0.25) is 10.0 Å². The first-order valence-electron chi connectivity index (χ1n) is 8.72. The van der Waals surface area contributed by atoms with Crippen molar-refractivity contribution in [2.24, 2.45) is 0 Å². The quantitative estimate of drug-likeness (QED) is 0.482. The van der Waals surface area contributed by atoms with Crippen molar-refractivity contribution < 1.29 is 19.8 Å². The zero-order chi connectivity index (χ0) is 21.7. The van der Waals surface area contributed by atoms with E-state index in [0.29, 0.717) is 10.0 Å². The first-order chi connectivity index (χ1) is 14.3. The number of aromatic nitrogens is 1. The lowest BCUT2D eigenvalue weighted by atomic mass is 10.0. The predicted molar refractivity (Wildman–Crippen MR) is 119 cm³/mol. The van der Waals surface area contributed by atoms with E-state index < -0.39 is 11.9 Å². The van der Waals surface area contributed by atoms with E-state index in [4.69, 9.17) is 23.2 Å². The maximum atomic E-state index is 11.7. The summed E-state index contributed by atoms with van der Waals surface area (Å²) in [7, 11) is 0. The molecule has 0 radical (unpaired) electrons. The Morgan fingerprint density at radius 3 is 1.37 bits per heavy atom. The number of carboxylic acids is 2. The van der Waals surface area contributed by atoms with E-state index in [2.05, 4.69) is 4.98 Å². The summed E-state index contributed by atoms with van der Waals surface area (Å²) in [5.41, 5.74) is 1.44. The highest BCUT2D eigenvalue weighted by atomic mass is 35.5. The third kappa shape index (κ3) is 5.35. The average molecular weight is 440 g/mol. The third-order valence-corrected chi connectivity index (χ3v) is 4.65. The number of halogens is 2. The van der Waals surface area contributed by atoms with Crippen LogP contribution in [-0.2, 0) is 0 Å². The number of nitrogens with zero attached hydrogens (tertiary/aromatic N) is 1. The van der Waals surface area contributed by atoms with Crippen LogP contribution >= 0.6 is 23.2 Å². The number of aromatic carboxylic acids is 2. The Balaban J connectivity index is 2.05. The van der Waals surface area contributed by atoms with Crippen LogP contribution in [0.1, 0.15) is 43.2 Å². The van der Waals surface area contributed by atoms with Crippen molar-refractivity contribution in [3.63, 3.8) is 0 Å². The van der Waals surface area contributed by atoms with Crippen LogP contribution in [-0.4, -0.2) is 27.1 Å². The third-order valence-electron chi connectivity index (χ3n) is 4.15. The molecule has 0 amide bonds. The molecule has 5 nitrogen and oxygen atoms in total. The Bertz CT molecular complexity index is 1060. The SMILES string of the molecule is O=C(O)c1cc(C(=O)O)c(/C=C/c2ccc(Cl)cc2)nc1/C=C/c1ccc(Cl)cc1. The van der Waals surface area contributed by atoms with Crippen LogP contribution in [0.5, 0.6) is 0 Å². The number of hydrogen-bond acceptors (Lipinski definition) is 3. The van der Waals surface area contributed by atoms with E-state index in [1.807, 2.05) is 0 Å². The fourth-order valence-electron chi connectivity index (χ4n) is 2.64. The van der Waals surface area contributed by atoms with Crippen LogP contribution in [0.25, 0.3) is 24.3 Å². The minimum absolute atomic E-state index is 0.137. The van der Waals surface area contributed by atoms with Gasteiger partial charge in [-0.15, -0.1) is 0 Å². The van der Waals surface area contributed by atoms with E-state index in [9.17, 15) is 19.8 Å². The molecule has 7 heteroatoms. The number of carboxylic acid groups (broad SMARTS) is 2. The zero-order valence-corrected chi connectivity index (χ0v) is 16.9. The van der Waals surface area contributed by atoms with Crippen LogP contribution in [0.3, 0.4) is 0 Å². The molecule has 3 rings (SSSR count). The van der Waals surface area contributed by atoms with E-state index in [1.54, 1.807) is 60.7 Å². The van der Waals surface area contributed by atoms with E-state index in [-0.39, 0.29) is 22.5 Å². The van der Waals surface area contributed by atoms with Gasteiger partial charge in [0.1, 0.15) is 0 Å². The summed E-state index contributed by atoms with van der Waals surface area (Å²) in [5.74, 6) is -2.54. The lowest BCUT2D eigenvalue weighted by Crippen LogP contribution is -2.09. The molecule has 0 saturated heterocycles. The molecule has 0 bridgehead atoms. The molecule has 1 aromatic heterocycles. The van der Waals surface area contributed by atoms with Crippen LogP contribution in [0, 0.1) is 0 Å². The predicted octanol–water partition coefficient (Wildman–Crippen LogP) is 6.13. The van der Waals surface area contributed by atoms with Gasteiger partial charge in [-0.25, -0.2) is 14.6 Å². The lowest BCUT2D eigenvalue weighted by molar-refractivity contribution is 0.0695. The molecule has 1 heterocycles. The number of benzene rings is 2. The van der Waals surface area contributed by atoms with Gasteiger partial charge in [0.05, 0.1) is 22.5 Å². The molecule has 0 aliphatic heterocycles. The minimum Gasteiger partial charge on any atom is -0.478 e. The first-order valence-corrected chi connectivity index (χ1v) is 9.48. The molecule has 0 atom stereocenters. The molecule has 30 heavy (non-hydrogen) atoms. The number of hydrogen-bond donors (Lipinski definition) is 2. The fraction of sp³-hybridized carbons (Fsp3) is 0. The number of carbonyl (C=O) groups is 2. The summed E-state index contributed by atoms with van der Waals surface area (Å²) in [6.07, 6.45) is 6.41. The molecular weight excluding hydrogens is 425 g/mol. The van der Waals surface area contributed by atoms with Gasteiger partial charge >= 0.3 is 11.9 Å². The van der Waals surface area contributed by atoms with E-state index >= 15 is 0 Å². The Morgan fingerprint density at radius 1 is 0.667 bits per heavy atom. The zero-order valence-electron chi connectivity index (χ0n) is 15.4. The van der Waals surface area contributed by atoms with Crippen molar-refractivity contribution in [3.8, 4) is 0 Å². The summed E-state index contributed by atoms with van der Waals surface area (Å²) >= 11 is 11.7. The van der Waals surface area contributed by atoms with Crippen molar-refractivity contribution >= 4 is 59.4 Å². The summed E-state index contributed by atoms with van der Waals surface area (Å²) in [4.78, 5) is 27.6. The van der Waals surface area contributed by atoms with Gasteiger partial charge in [0, 0.05) is 10.0 Å². The first kappa shape index (κ1) is 21.3. The highest BCUT2D eigenvalue weighted by Gasteiger charge is 2.18. The Morgan fingerprint density at radius 2 is 1.03 bits per heavy atom. The molecule has 0 fully saturated rings. The molecule has 0 saturated carbocycles. The Hall–Kier alpha value is -3.41. The second-order valence-electron chi connectivity index (χ2n) is 6.23.